The number of ether oxygens (including phenoxy) is 1. The van der Waals surface area contributed by atoms with E-state index in [1.165, 1.54) is 11.8 Å². The zero-order valence-corrected chi connectivity index (χ0v) is 19.5. The van der Waals surface area contributed by atoms with E-state index in [9.17, 15) is 4.79 Å². The minimum absolute atomic E-state index is 0.0169. The Labute approximate surface area is 189 Å². The fraction of sp³-hybridized carbons (Fsp3) is 0.348. The summed E-state index contributed by atoms with van der Waals surface area (Å²) in [5.41, 5.74) is 2.03. The number of hydrogen-bond donors (Lipinski definition) is 0. The Morgan fingerprint density at radius 1 is 1.23 bits per heavy atom. The first-order valence-corrected chi connectivity index (χ1v) is 12.1. The van der Waals surface area contributed by atoms with Gasteiger partial charge in [0.1, 0.15) is 4.83 Å². The second-order valence-corrected chi connectivity index (χ2v) is 9.28. The Hall–Kier alpha value is -2.42. The van der Waals surface area contributed by atoms with Crippen molar-refractivity contribution < 1.29 is 9.15 Å². The lowest BCUT2D eigenvalue weighted by molar-refractivity contribution is 0.140. The molecule has 0 aliphatic carbocycles. The van der Waals surface area contributed by atoms with E-state index in [4.69, 9.17) is 14.1 Å². The molecule has 0 saturated heterocycles. The zero-order chi connectivity index (χ0) is 21.8. The molecule has 0 radical (unpaired) electrons. The predicted molar refractivity (Wildman–Crippen MR) is 126 cm³/mol. The van der Waals surface area contributed by atoms with Crippen molar-refractivity contribution in [3.63, 3.8) is 0 Å². The van der Waals surface area contributed by atoms with Crippen molar-refractivity contribution in [2.45, 2.75) is 44.6 Å². The maximum absolute atomic E-state index is 13.3. The topological polar surface area (TPSA) is 70.2 Å². The van der Waals surface area contributed by atoms with E-state index in [1.54, 1.807) is 22.1 Å². The minimum Gasteiger partial charge on any atom is -0.440 e. The number of oxazole rings is 1. The number of fused-ring (bicyclic) bond motifs is 1. The third kappa shape index (κ3) is 4.76. The van der Waals surface area contributed by atoms with Crippen LogP contribution in [0.3, 0.4) is 0 Å². The fourth-order valence-electron chi connectivity index (χ4n) is 3.32. The highest BCUT2D eigenvalue weighted by Crippen LogP contribution is 2.30. The Bertz CT molecular complexity index is 1230. The lowest BCUT2D eigenvalue weighted by atomic mass is 10.2. The molecule has 4 rings (SSSR count). The molecule has 0 fully saturated rings. The monoisotopic (exact) mass is 455 g/mol. The first kappa shape index (κ1) is 21.8. The van der Waals surface area contributed by atoms with Crippen molar-refractivity contribution in [2.75, 3.05) is 13.2 Å². The van der Waals surface area contributed by atoms with Crippen molar-refractivity contribution in [3.05, 3.63) is 63.2 Å². The maximum atomic E-state index is 13.3. The van der Waals surface area contributed by atoms with Crippen LogP contribution in [0, 0.1) is 13.8 Å². The first-order chi connectivity index (χ1) is 15.1. The summed E-state index contributed by atoms with van der Waals surface area (Å²) in [4.78, 5) is 24.4. The van der Waals surface area contributed by atoms with Crippen LogP contribution in [0.25, 0.3) is 21.5 Å². The molecule has 8 heteroatoms. The summed E-state index contributed by atoms with van der Waals surface area (Å²) in [6.07, 6.45) is 2.50. The predicted octanol–water partition coefficient (Wildman–Crippen LogP) is 5.45. The number of thiophene rings is 1. The van der Waals surface area contributed by atoms with E-state index in [1.807, 2.05) is 51.1 Å². The standard InChI is InChI=1S/C23H25N3O3S2/c1-4-28-12-8-11-26-22(27)20-15(2)16(3)31-21(20)25-23(26)30-14-19-24-13-18(29-19)17-9-6-5-7-10-17/h5-7,9-10,13H,4,8,11-12,14H2,1-3H3. The lowest BCUT2D eigenvalue weighted by Gasteiger charge is -2.11. The van der Waals surface area contributed by atoms with E-state index < -0.39 is 0 Å². The summed E-state index contributed by atoms with van der Waals surface area (Å²) in [5.74, 6) is 1.84. The number of rotatable bonds is 9. The zero-order valence-electron chi connectivity index (χ0n) is 17.9. The quantitative estimate of drug-likeness (QED) is 0.190. The summed E-state index contributed by atoms with van der Waals surface area (Å²) >= 11 is 3.05. The van der Waals surface area contributed by atoms with Gasteiger partial charge in [-0.3, -0.25) is 9.36 Å². The highest BCUT2D eigenvalue weighted by Gasteiger charge is 2.17. The van der Waals surface area contributed by atoms with Gasteiger partial charge in [-0.05, 0) is 32.8 Å². The van der Waals surface area contributed by atoms with Gasteiger partial charge in [-0.2, -0.15) is 0 Å². The van der Waals surface area contributed by atoms with Crippen molar-refractivity contribution in [3.8, 4) is 11.3 Å². The molecule has 0 spiro atoms. The largest absolute Gasteiger partial charge is 0.440 e. The fourth-order valence-corrected chi connectivity index (χ4v) is 5.27. The summed E-state index contributed by atoms with van der Waals surface area (Å²) in [6, 6.07) is 9.89. The smallest absolute Gasteiger partial charge is 0.263 e. The van der Waals surface area contributed by atoms with Crippen LogP contribution in [-0.2, 0) is 17.0 Å². The van der Waals surface area contributed by atoms with Crippen LogP contribution < -0.4 is 5.56 Å². The molecule has 0 N–H and O–H groups in total. The Morgan fingerprint density at radius 3 is 2.81 bits per heavy atom. The van der Waals surface area contributed by atoms with Gasteiger partial charge in [0.15, 0.2) is 10.9 Å². The SMILES string of the molecule is CCOCCCn1c(SCc2ncc(-c3ccccc3)o2)nc2sc(C)c(C)c2c1=O. The molecular formula is C23H25N3O3S2. The highest BCUT2D eigenvalue weighted by molar-refractivity contribution is 7.98. The van der Waals surface area contributed by atoms with Crippen LogP contribution in [0.4, 0.5) is 0 Å². The number of thioether (sulfide) groups is 1. The lowest BCUT2D eigenvalue weighted by Crippen LogP contribution is -2.24. The normalized spacial score (nSPS) is 11.5. The van der Waals surface area contributed by atoms with Crippen LogP contribution >= 0.6 is 23.1 Å². The molecule has 0 aliphatic heterocycles. The Morgan fingerprint density at radius 2 is 2.03 bits per heavy atom. The summed E-state index contributed by atoms with van der Waals surface area (Å²) in [5, 5.41) is 1.42. The van der Waals surface area contributed by atoms with E-state index >= 15 is 0 Å². The second kappa shape index (κ2) is 9.80. The molecule has 4 aromatic rings. The van der Waals surface area contributed by atoms with Crippen LogP contribution in [0.1, 0.15) is 29.7 Å². The number of hydrogen-bond acceptors (Lipinski definition) is 7. The number of benzene rings is 1. The van der Waals surface area contributed by atoms with Gasteiger partial charge in [0.25, 0.3) is 5.56 Å². The van der Waals surface area contributed by atoms with Gasteiger partial charge in [0.05, 0.1) is 17.3 Å². The summed E-state index contributed by atoms with van der Waals surface area (Å²) in [6.45, 7) is 7.85. The second-order valence-electron chi connectivity index (χ2n) is 7.14. The highest BCUT2D eigenvalue weighted by atomic mass is 32.2. The molecule has 31 heavy (non-hydrogen) atoms. The van der Waals surface area contributed by atoms with Gasteiger partial charge in [0, 0.05) is 30.2 Å². The average molecular weight is 456 g/mol. The molecule has 0 aliphatic rings. The summed E-state index contributed by atoms with van der Waals surface area (Å²) < 4.78 is 13.1. The molecule has 3 aromatic heterocycles. The molecule has 162 valence electrons. The molecule has 0 saturated carbocycles. The van der Waals surface area contributed by atoms with Gasteiger partial charge >= 0.3 is 0 Å². The summed E-state index contributed by atoms with van der Waals surface area (Å²) in [7, 11) is 0. The van der Waals surface area contributed by atoms with E-state index in [2.05, 4.69) is 4.98 Å². The average Bonchev–Trinajstić information content (AvgIpc) is 3.36. The number of aromatic nitrogens is 3. The third-order valence-corrected chi connectivity index (χ3v) is 7.13. The molecule has 0 atom stereocenters. The van der Waals surface area contributed by atoms with E-state index in [-0.39, 0.29) is 5.56 Å². The van der Waals surface area contributed by atoms with E-state index in [0.29, 0.717) is 36.6 Å². The third-order valence-electron chi connectivity index (χ3n) is 5.06. The Kier molecular flexibility index (Phi) is 6.89. The van der Waals surface area contributed by atoms with Crippen LogP contribution in [0.15, 0.2) is 50.9 Å². The molecule has 0 amide bonds. The van der Waals surface area contributed by atoms with Crippen LogP contribution in [0.2, 0.25) is 0 Å². The van der Waals surface area contributed by atoms with Crippen LogP contribution in [-0.4, -0.2) is 27.7 Å². The maximum Gasteiger partial charge on any atom is 0.263 e. The van der Waals surface area contributed by atoms with Crippen molar-refractivity contribution in [1.82, 2.24) is 14.5 Å². The van der Waals surface area contributed by atoms with Crippen molar-refractivity contribution >= 4 is 33.3 Å². The van der Waals surface area contributed by atoms with E-state index in [0.717, 1.165) is 38.4 Å². The molecule has 0 unspecified atom stereocenters. The molecular weight excluding hydrogens is 430 g/mol. The molecule has 6 nitrogen and oxygen atoms in total. The van der Waals surface area contributed by atoms with Gasteiger partial charge in [0.2, 0.25) is 5.89 Å². The van der Waals surface area contributed by atoms with Gasteiger partial charge in [-0.15, -0.1) is 11.3 Å². The first-order valence-electron chi connectivity index (χ1n) is 10.3. The number of aryl methyl sites for hydroxylation is 2. The van der Waals surface area contributed by atoms with Crippen molar-refractivity contribution in [1.29, 1.82) is 0 Å². The van der Waals surface area contributed by atoms with Gasteiger partial charge in [-0.1, -0.05) is 42.1 Å². The number of nitrogens with zero attached hydrogens (tertiary/aromatic N) is 3. The van der Waals surface area contributed by atoms with Crippen molar-refractivity contribution in [2.24, 2.45) is 0 Å². The molecule has 1 aromatic carbocycles. The molecule has 3 heterocycles. The minimum atomic E-state index is 0.0169. The van der Waals surface area contributed by atoms with Crippen LogP contribution in [0.5, 0.6) is 0 Å². The van der Waals surface area contributed by atoms with Gasteiger partial charge in [-0.25, -0.2) is 9.97 Å². The Balaban J connectivity index is 1.60. The molecule has 0 bridgehead atoms. The van der Waals surface area contributed by atoms with Gasteiger partial charge < -0.3 is 9.15 Å².